The molecule has 0 aliphatic carbocycles. The quantitative estimate of drug-likeness (QED) is 0.526. The maximum atomic E-state index is 14.7. The van der Waals surface area contributed by atoms with E-state index in [-0.39, 0.29) is 11.9 Å². The Kier molecular flexibility index (Phi) is 4.56. The molecule has 3 heterocycles. The zero-order valence-electron chi connectivity index (χ0n) is 15.5. The first-order chi connectivity index (χ1) is 13.7. The normalized spacial score (nSPS) is 11.0. The SMILES string of the molecule is CCn1cnc2c(-c3ccc(F)c(-c4cnc(OC)nc4OC)c3)cnnc21. The summed E-state index contributed by atoms with van der Waals surface area (Å²) in [7, 11) is 2.91. The zero-order chi connectivity index (χ0) is 19.7. The number of rotatable bonds is 5. The van der Waals surface area contributed by atoms with E-state index in [1.807, 2.05) is 11.5 Å². The van der Waals surface area contributed by atoms with Crippen molar-refractivity contribution in [2.24, 2.45) is 0 Å². The lowest BCUT2D eigenvalue weighted by atomic mass is 10.0. The Morgan fingerprint density at radius 2 is 1.89 bits per heavy atom. The second-order valence-corrected chi connectivity index (χ2v) is 5.94. The van der Waals surface area contributed by atoms with Gasteiger partial charge < -0.3 is 14.0 Å². The smallest absolute Gasteiger partial charge is 0.319 e. The van der Waals surface area contributed by atoms with E-state index in [9.17, 15) is 4.39 Å². The van der Waals surface area contributed by atoms with E-state index in [1.54, 1.807) is 24.7 Å². The molecular formula is C19H17FN6O2. The van der Waals surface area contributed by atoms with Gasteiger partial charge in [0.15, 0.2) is 5.65 Å². The maximum absolute atomic E-state index is 14.7. The van der Waals surface area contributed by atoms with Crippen LogP contribution in [0.5, 0.6) is 11.9 Å². The number of halogens is 1. The third kappa shape index (κ3) is 2.90. The summed E-state index contributed by atoms with van der Waals surface area (Å²) in [6.45, 7) is 2.73. The van der Waals surface area contributed by atoms with Crippen molar-refractivity contribution in [1.29, 1.82) is 0 Å². The number of hydrogen-bond acceptors (Lipinski definition) is 7. The number of methoxy groups -OCH3 is 2. The van der Waals surface area contributed by atoms with Gasteiger partial charge in [-0.3, -0.25) is 0 Å². The largest absolute Gasteiger partial charge is 0.480 e. The second-order valence-electron chi connectivity index (χ2n) is 5.94. The Morgan fingerprint density at radius 1 is 1.04 bits per heavy atom. The molecular weight excluding hydrogens is 363 g/mol. The Labute approximate surface area is 160 Å². The summed E-state index contributed by atoms with van der Waals surface area (Å²) >= 11 is 0. The summed E-state index contributed by atoms with van der Waals surface area (Å²) < 4.78 is 26.9. The highest BCUT2D eigenvalue weighted by Crippen LogP contribution is 2.35. The van der Waals surface area contributed by atoms with Gasteiger partial charge in [0.2, 0.25) is 5.88 Å². The predicted molar refractivity (Wildman–Crippen MR) is 101 cm³/mol. The molecule has 0 amide bonds. The number of hydrogen-bond donors (Lipinski definition) is 0. The van der Waals surface area contributed by atoms with Crippen LogP contribution in [-0.2, 0) is 6.54 Å². The van der Waals surface area contributed by atoms with Crippen LogP contribution in [0.1, 0.15) is 6.92 Å². The minimum atomic E-state index is -0.423. The molecule has 0 radical (unpaired) electrons. The molecule has 0 N–H and O–H groups in total. The molecule has 0 saturated heterocycles. The van der Waals surface area contributed by atoms with Crippen LogP contribution in [0.4, 0.5) is 4.39 Å². The fourth-order valence-corrected chi connectivity index (χ4v) is 3.00. The van der Waals surface area contributed by atoms with Crippen molar-refractivity contribution < 1.29 is 13.9 Å². The summed E-state index contributed by atoms with van der Waals surface area (Å²) in [5, 5.41) is 8.25. The molecule has 0 aliphatic heterocycles. The average Bonchev–Trinajstić information content (AvgIpc) is 3.17. The van der Waals surface area contributed by atoms with Crippen LogP contribution in [0.3, 0.4) is 0 Å². The highest BCUT2D eigenvalue weighted by molar-refractivity contribution is 5.90. The van der Waals surface area contributed by atoms with E-state index >= 15 is 0 Å². The lowest BCUT2D eigenvalue weighted by Crippen LogP contribution is -1.99. The minimum absolute atomic E-state index is 0.141. The van der Waals surface area contributed by atoms with Crippen LogP contribution in [0.2, 0.25) is 0 Å². The molecule has 0 unspecified atom stereocenters. The standard InChI is InChI=1S/C19H17FN6O2/c1-4-26-10-22-16-13(9-23-25-17(16)26)11-5-6-15(20)12(7-11)14-8-21-19(28-3)24-18(14)27-2/h5-10H,4H2,1-3H3. The summed E-state index contributed by atoms with van der Waals surface area (Å²) in [4.78, 5) is 12.7. The van der Waals surface area contributed by atoms with Crippen molar-refractivity contribution in [2.45, 2.75) is 13.5 Å². The zero-order valence-corrected chi connectivity index (χ0v) is 15.5. The molecule has 3 aromatic heterocycles. The lowest BCUT2D eigenvalue weighted by Gasteiger charge is -2.11. The maximum Gasteiger partial charge on any atom is 0.319 e. The molecule has 1 aromatic carbocycles. The van der Waals surface area contributed by atoms with Gasteiger partial charge in [-0.25, -0.2) is 14.4 Å². The molecule has 0 atom stereocenters. The van der Waals surface area contributed by atoms with E-state index in [1.165, 1.54) is 26.5 Å². The van der Waals surface area contributed by atoms with E-state index in [2.05, 4.69) is 25.1 Å². The van der Waals surface area contributed by atoms with Gasteiger partial charge in [0.25, 0.3) is 0 Å². The first-order valence-electron chi connectivity index (χ1n) is 8.58. The van der Waals surface area contributed by atoms with Gasteiger partial charge in [-0.15, -0.1) is 5.10 Å². The van der Waals surface area contributed by atoms with E-state index in [4.69, 9.17) is 9.47 Å². The first kappa shape index (κ1) is 17.8. The number of aromatic nitrogens is 6. The van der Waals surface area contributed by atoms with Crippen LogP contribution < -0.4 is 9.47 Å². The topological polar surface area (TPSA) is 87.8 Å². The molecule has 4 aromatic rings. The van der Waals surface area contributed by atoms with Crippen LogP contribution in [0.15, 0.2) is 36.9 Å². The lowest BCUT2D eigenvalue weighted by molar-refractivity contribution is 0.353. The predicted octanol–water partition coefficient (Wildman–Crippen LogP) is 3.13. The van der Waals surface area contributed by atoms with Crippen LogP contribution >= 0.6 is 0 Å². The molecule has 142 valence electrons. The molecule has 8 nitrogen and oxygen atoms in total. The van der Waals surface area contributed by atoms with Gasteiger partial charge in [-0.1, -0.05) is 6.07 Å². The van der Waals surface area contributed by atoms with E-state index in [0.29, 0.717) is 22.3 Å². The third-order valence-corrected chi connectivity index (χ3v) is 4.42. The Bertz CT molecular complexity index is 1160. The fraction of sp³-hybridized carbons (Fsp3) is 0.211. The van der Waals surface area contributed by atoms with Gasteiger partial charge >= 0.3 is 6.01 Å². The molecule has 0 spiro atoms. The highest BCUT2D eigenvalue weighted by Gasteiger charge is 2.17. The number of ether oxygens (including phenoxy) is 2. The molecule has 0 saturated carbocycles. The van der Waals surface area contributed by atoms with Gasteiger partial charge in [0.05, 0.1) is 32.3 Å². The number of fused-ring (bicyclic) bond motifs is 1. The van der Waals surface area contributed by atoms with Crippen LogP contribution in [-0.4, -0.2) is 43.9 Å². The number of benzene rings is 1. The van der Waals surface area contributed by atoms with Crippen molar-refractivity contribution in [3.05, 3.63) is 42.7 Å². The van der Waals surface area contributed by atoms with Crippen LogP contribution in [0, 0.1) is 5.82 Å². The summed E-state index contributed by atoms with van der Waals surface area (Å²) in [5.74, 6) is -0.204. The van der Waals surface area contributed by atoms with Gasteiger partial charge in [-0.05, 0) is 24.6 Å². The highest BCUT2D eigenvalue weighted by atomic mass is 19.1. The minimum Gasteiger partial charge on any atom is -0.480 e. The third-order valence-electron chi connectivity index (χ3n) is 4.42. The number of aryl methyl sites for hydroxylation is 1. The Balaban J connectivity index is 1.89. The van der Waals surface area contributed by atoms with Crippen molar-refractivity contribution in [1.82, 2.24) is 29.7 Å². The summed E-state index contributed by atoms with van der Waals surface area (Å²) in [6.07, 6.45) is 4.81. The van der Waals surface area contributed by atoms with E-state index < -0.39 is 5.82 Å². The van der Waals surface area contributed by atoms with E-state index in [0.717, 1.165) is 17.7 Å². The first-order valence-corrected chi connectivity index (χ1v) is 8.58. The van der Waals surface area contributed by atoms with Crippen molar-refractivity contribution in [3.63, 3.8) is 0 Å². The number of imidazole rings is 1. The van der Waals surface area contributed by atoms with Gasteiger partial charge in [0, 0.05) is 23.9 Å². The molecule has 0 fully saturated rings. The molecule has 28 heavy (non-hydrogen) atoms. The fourth-order valence-electron chi connectivity index (χ4n) is 3.00. The molecule has 9 heteroatoms. The van der Waals surface area contributed by atoms with Gasteiger partial charge in [-0.2, -0.15) is 10.1 Å². The number of nitrogens with zero attached hydrogens (tertiary/aromatic N) is 6. The van der Waals surface area contributed by atoms with Gasteiger partial charge in [0.1, 0.15) is 11.3 Å². The average molecular weight is 380 g/mol. The summed E-state index contributed by atoms with van der Waals surface area (Å²) in [5.41, 5.74) is 3.60. The molecule has 0 bridgehead atoms. The Hall–Kier alpha value is -3.62. The van der Waals surface area contributed by atoms with Crippen LogP contribution in [0.25, 0.3) is 33.4 Å². The monoisotopic (exact) mass is 380 g/mol. The molecule has 4 rings (SSSR count). The van der Waals surface area contributed by atoms with Crippen molar-refractivity contribution >= 4 is 11.2 Å². The summed E-state index contributed by atoms with van der Waals surface area (Å²) in [6, 6.07) is 4.90. The van der Waals surface area contributed by atoms with Crippen molar-refractivity contribution in [2.75, 3.05) is 14.2 Å². The van der Waals surface area contributed by atoms with Crippen molar-refractivity contribution in [3.8, 4) is 34.1 Å². The Morgan fingerprint density at radius 3 is 2.64 bits per heavy atom. The molecule has 0 aliphatic rings. The second kappa shape index (κ2) is 7.18.